The predicted octanol–water partition coefficient (Wildman–Crippen LogP) is 3.24. The highest BCUT2D eigenvalue weighted by Crippen LogP contribution is 2.33. The van der Waals surface area contributed by atoms with Gasteiger partial charge in [0.1, 0.15) is 5.69 Å². The van der Waals surface area contributed by atoms with Crippen LogP contribution in [-0.4, -0.2) is 43.9 Å². The molecule has 8 nitrogen and oxygen atoms in total. The van der Waals surface area contributed by atoms with E-state index in [1.165, 1.54) is 16.4 Å². The van der Waals surface area contributed by atoms with Crippen LogP contribution in [0.3, 0.4) is 0 Å². The lowest BCUT2D eigenvalue weighted by Crippen LogP contribution is -2.40. The third-order valence-corrected chi connectivity index (χ3v) is 7.28. The van der Waals surface area contributed by atoms with E-state index < -0.39 is 14.9 Å². The summed E-state index contributed by atoms with van der Waals surface area (Å²) in [6, 6.07) is 7.84. The first-order valence-corrected chi connectivity index (χ1v) is 10.9. The van der Waals surface area contributed by atoms with E-state index in [4.69, 9.17) is 4.74 Å². The molecule has 3 rings (SSSR count). The molecule has 1 aromatic heterocycles. The normalized spacial score (nSPS) is 16.8. The fraction of sp³-hybridized carbons (Fsp3) is 0.412. The minimum Gasteiger partial charge on any atom is -0.379 e. The van der Waals surface area contributed by atoms with E-state index in [0.29, 0.717) is 18.9 Å². The predicted molar refractivity (Wildman–Crippen MR) is 104 cm³/mol. The van der Waals surface area contributed by atoms with Crippen LogP contribution in [0.25, 0.3) is 0 Å². The Kier molecular flexibility index (Phi) is 6.10. The van der Waals surface area contributed by atoms with Crippen LogP contribution in [0.5, 0.6) is 0 Å². The van der Waals surface area contributed by atoms with Gasteiger partial charge in [-0.3, -0.25) is 10.1 Å². The number of ether oxygens (including phenoxy) is 1. The lowest BCUT2D eigenvalue weighted by atomic mass is 10.1. The molecule has 1 aromatic carbocycles. The number of hydrogen-bond donors (Lipinski definition) is 1. The number of nitrogens with zero attached hydrogens (tertiary/aromatic N) is 2. The first-order chi connectivity index (χ1) is 12.9. The summed E-state index contributed by atoms with van der Waals surface area (Å²) in [5, 5.41) is 16.7. The van der Waals surface area contributed by atoms with Crippen LogP contribution >= 0.6 is 11.3 Å². The van der Waals surface area contributed by atoms with Gasteiger partial charge < -0.3 is 10.1 Å². The standard InChI is InChI=1S/C17H21N3O5S2/c1-2-14(17-4-3-11-26-17)18-15-6-5-13(12-16(15)20(21)22)27(23,24)19-7-9-25-10-8-19/h3-6,11-12,14,18H,2,7-10H2,1H3. The molecule has 2 aromatic rings. The van der Waals surface area contributed by atoms with E-state index >= 15 is 0 Å². The zero-order chi connectivity index (χ0) is 19.4. The Bertz CT molecular complexity index is 893. The third kappa shape index (κ3) is 4.29. The van der Waals surface area contributed by atoms with Gasteiger partial charge >= 0.3 is 0 Å². The first-order valence-electron chi connectivity index (χ1n) is 8.59. The van der Waals surface area contributed by atoms with Crippen molar-refractivity contribution < 1.29 is 18.1 Å². The Morgan fingerprint density at radius 2 is 2.07 bits per heavy atom. The van der Waals surface area contributed by atoms with Gasteiger partial charge in [-0.25, -0.2) is 8.42 Å². The molecule has 2 heterocycles. The Balaban J connectivity index is 1.92. The molecule has 0 aliphatic carbocycles. The molecule has 146 valence electrons. The maximum Gasteiger partial charge on any atom is 0.293 e. The van der Waals surface area contributed by atoms with Gasteiger partial charge in [-0.05, 0) is 30.0 Å². The molecular weight excluding hydrogens is 390 g/mol. The molecule has 0 amide bonds. The molecule has 1 aliphatic heterocycles. The highest BCUT2D eigenvalue weighted by Gasteiger charge is 2.29. The molecule has 1 saturated heterocycles. The van der Waals surface area contributed by atoms with Crippen LogP contribution in [0.15, 0.2) is 40.6 Å². The Labute approximate surface area is 162 Å². The number of sulfonamides is 1. The fourth-order valence-electron chi connectivity index (χ4n) is 2.93. The second-order valence-corrected chi connectivity index (χ2v) is 8.99. The number of rotatable bonds is 7. The number of thiophene rings is 1. The maximum absolute atomic E-state index is 12.8. The van der Waals surface area contributed by atoms with Gasteiger partial charge in [-0.15, -0.1) is 11.3 Å². The first kappa shape index (κ1) is 19.7. The summed E-state index contributed by atoms with van der Waals surface area (Å²) in [4.78, 5) is 12.0. The van der Waals surface area contributed by atoms with Crippen LogP contribution in [0.2, 0.25) is 0 Å². The van der Waals surface area contributed by atoms with E-state index in [1.807, 2.05) is 24.4 Å². The van der Waals surface area contributed by atoms with Crippen molar-refractivity contribution in [3.63, 3.8) is 0 Å². The number of nitro benzene ring substituents is 1. The molecule has 0 saturated carbocycles. The zero-order valence-electron chi connectivity index (χ0n) is 14.8. The molecule has 1 N–H and O–H groups in total. The summed E-state index contributed by atoms with van der Waals surface area (Å²) < 4.78 is 32.0. The number of nitrogens with one attached hydrogen (secondary N) is 1. The van der Waals surface area contributed by atoms with Crippen molar-refractivity contribution in [3.05, 3.63) is 50.7 Å². The molecule has 0 bridgehead atoms. The SMILES string of the molecule is CCC(Nc1ccc(S(=O)(=O)N2CCOCC2)cc1[N+](=O)[O-])c1cccs1. The summed E-state index contributed by atoms with van der Waals surface area (Å²) in [6.07, 6.45) is 0.742. The number of hydrogen-bond acceptors (Lipinski definition) is 7. The quantitative estimate of drug-likeness (QED) is 0.554. The Morgan fingerprint density at radius 3 is 2.67 bits per heavy atom. The van der Waals surface area contributed by atoms with Gasteiger partial charge in [0.25, 0.3) is 5.69 Å². The van der Waals surface area contributed by atoms with E-state index in [-0.39, 0.29) is 29.7 Å². The summed E-state index contributed by atoms with van der Waals surface area (Å²) in [6.45, 7) is 3.11. The van der Waals surface area contributed by atoms with Gasteiger partial charge in [-0.2, -0.15) is 4.31 Å². The monoisotopic (exact) mass is 411 g/mol. The van der Waals surface area contributed by atoms with E-state index in [2.05, 4.69) is 5.32 Å². The maximum atomic E-state index is 12.8. The molecule has 0 radical (unpaired) electrons. The van der Waals surface area contributed by atoms with Crippen LogP contribution in [0.1, 0.15) is 24.3 Å². The van der Waals surface area contributed by atoms with Gasteiger partial charge in [0, 0.05) is 24.0 Å². The minimum atomic E-state index is -3.79. The Morgan fingerprint density at radius 1 is 1.33 bits per heavy atom. The van der Waals surface area contributed by atoms with Gasteiger partial charge in [0.15, 0.2) is 0 Å². The highest BCUT2D eigenvalue weighted by molar-refractivity contribution is 7.89. The summed E-state index contributed by atoms with van der Waals surface area (Å²) in [5.41, 5.74) is 0.0560. The second kappa shape index (κ2) is 8.34. The molecule has 27 heavy (non-hydrogen) atoms. The van der Waals surface area contributed by atoms with Crippen molar-refractivity contribution in [1.82, 2.24) is 4.31 Å². The molecule has 1 atom stereocenters. The molecule has 0 spiro atoms. The second-order valence-electron chi connectivity index (χ2n) is 6.07. The van der Waals surface area contributed by atoms with E-state index in [0.717, 1.165) is 17.4 Å². The number of morpholine rings is 1. The van der Waals surface area contributed by atoms with Crippen molar-refractivity contribution in [2.45, 2.75) is 24.3 Å². The van der Waals surface area contributed by atoms with Gasteiger partial charge in [0.05, 0.1) is 29.1 Å². The van der Waals surface area contributed by atoms with Crippen LogP contribution in [-0.2, 0) is 14.8 Å². The van der Waals surface area contributed by atoms with Crippen molar-refractivity contribution in [1.29, 1.82) is 0 Å². The highest BCUT2D eigenvalue weighted by atomic mass is 32.2. The van der Waals surface area contributed by atoms with Crippen LogP contribution in [0, 0.1) is 10.1 Å². The van der Waals surface area contributed by atoms with Crippen LogP contribution < -0.4 is 5.32 Å². The fourth-order valence-corrected chi connectivity index (χ4v) is 5.22. The molecule has 1 unspecified atom stereocenters. The van der Waals surface area contributed by atoms with Gasteiger partial charge in [-0.1, -0.05) is 13.0 Å². The summed E-state index contributed by atoms with van der Waals surface area (Å²) in [7, 11) is -3.79. The molecule has 1 aliphatic rings. The number of nitro groups is 1. The van der Waals surface area contributed by atoms with E-state index in [9.17, 15) is 18.5 Å². The molecular formula is C17H21N3O5S2. The van der Waals surface area contributed by atoms with E-state index in [1.54, 1.807) is 11.3 Å². The average Bonchev–Trinajstić information content (AvgIpc) is 3.21. The topological polar surface area (TPSA) is 102 Å². The lowest BCUT2D eigenvalue weighted by molar-refractivity contribution is -0.384. The van der Waals surface area contributed by atoms with Gasteiger partial charge in [0.2, 0.25) is 10.0 Å². The summed E-state index contributed by atoms with van der Waals surface area (Å²) in [5.74, 6) is 0. The van der Waals surface area contributed by atoms with Crippen molar-refractivity contribution in [2.75, 3.05) is 31.6 Å². The molecule has 1 fully saturated rings. The smallest absolute Gasteiger partial charge is 0.293 e. The number of anilines is 1. The number of benzene rings is 1. The van der Waals surface area contributed by atoms with Crippen LogP contribution in [0.4, 0.5) is 11.4 Å². The average molecular weight is 412 g/mol. The minimum absolute atomic E-state index is 0.0779. The van der Waals surface area contributed by atoms with Crippen molar-refractivity contribution >= 4 is 32.7 Å². The summed E-state index contributed by atoms with van der Waals surface area (Å²) >= 11 is 1.57. The third-order valence-electron chi connectivity index (χ3n) is 4.40. The Hall–Kier alpha value is -2.01. The largest absolute Gasteiger partial charge is 0.379 e. The van der Waals surface area contributed by atoms with Crippen molar-refractivity contribution in [3.8, 4) is 0 Å². The zero-order valence-corrected chi connectivity index (χ0v) is 16.5. The van der Waals surface area contributed by atoms with Crippen molar-refractivity contribution in [2.24, 2.45) is 0 Å². The molecule has 10 heteroatoms. The lowest BCUT2D eigenvalue weighted by Gasteiger charge is -2.26.